The Hall–Kier alpha value is -0.380. The molecular formula is C8H15N3. The molecule has 0 radical (unpaired) electrons. The summed E-state index contributed by atoms with van der Waals surface area (Å²) in [7, 11) is 4.20. The van der Waals surface area contributed by atoms with E-state index in [1.165, 1.54) is 0 Å². The van der Waals surface area contributed by atoms with Crippen molar-refractivity contribution in [1.29, 1.82) is 0 Å². The van der Waals surface area contributed by atoms with E-state index in [2.05, 4.69) is 41.6 Å². The first kappa shape index (κ1) is 7.28. The molecule has 0 aromatic carbocycles. The minimum Gasteiger partial charge on any atom is -0.302 e. The standard InChI is InChI=1S/C8H15N3/c1-10(2)11-5-7-3-4-8(6-11)9-7/h3-4,7-9H,5-6H2,1-2H3. The Balaban J connectivity index is 2.01. The van der Waals surface area contributed by atoms with Gasteiger partial charge in [0, 0.05) is 39.3 Å². The minimum absolute atomic E-state index is 0.580. The van der Waals surface area contributed by atoms with Crippen LogP contribution in [-0.4, -0.2) is 49.3 Å². The van der Waals surface area contributed by atoms with Gasteiger partial charge in [0.2, 0.25) is 0 Å². The van der Waals surface area contributed by atoms with Crippen molar-refractivity contribution in [3.8, 4) is 0 Å². The first-order valence-electron chi connectivity index (χ1n) is 4.12. The first-order valence-corrected chi connectivity index (χ1v) is 4.12. The number of rotatable bonds is 1. The van der Waals surface area contributed by atoms with Crippen LogP contribution in [0, 0.1) is 0 Å². The van der Waals surface area contributed by atoms with Crippen molar-refractivity contribution >= 4 is 0 Å². The van der Waals surface area contributed by atoms with E-state index < -0.39 is 0 Å². The predicted molar refractivity (Wildman–Crippen MR) is 45.1 cm³/mol. The van der Waals surface area contributed by atoms with Crippen molar-refractivity contribution in [2.75, 3.05) is 27.2 Å². The Morgan fingerprint density at radius 2 is 1.82 bits per heavy atom. The SMILES string of the molecule is CN(C)N1CC2C=CC(C1)N2. The molecule has 2 unspecified atom stereocenters. The molecule has 3 heteroatoms. The fourth-order valence-corrected chi connectivity index (χ4v) is 1.74. The lowest BCUT2D eigenvalue weighted by molar-refractivity contribution is -0.000461. The molecule has 0 saturated carbocycles. The van der Waals surface area contributed by atoms with Crippen molar-refractivity contribution in [2.45, 2.75) is 12.1 Å². The zero-order chi connectivity index (χ0) is 7.84. The van der Waals surface area contributed by atoms with Gasteiger partial charge in [-0.1, -0.05) is 12.2 Å². The number of piperazine rings is 1. The Bertz CT molecular complexity index is 162. The van der Waals surface area contributed by atoms with E-state index in [1.807, 2.05) is 0 Å². The summed E-state index contributed by atoms with van der Waals surface area (Å²) >= 11 is 0. The van der Waals surface area contributed by atoms with E-state index in [0.29, 0.717) is 12.1 Å². The Kier molecular flexibility index (Phi) is 1.71. The van der Waals surface area contributed by atoms with Gasteiger partial charge in [-0.3, -0.25) is 0 Å². The van der Waals surface area contributed by atoms with E-state index in [-0.39, 0.29) is 0 Å². The van der Waals surface area contributed by atoms with Crippen molar-refractivity contribution in [1.82, 2.24) is 15.3 Å². The van der Waals surface area contributed by atoms with Crippen molar-refractivity contribution in [3.05, 3.63) is 12.2 Å². The number of hydrogen-bond donors (Lipinski definition) is 1. The molecule has 2 heterocycles. The number of fused-ring (bicyclic) bond motifs is 2. The summed E-state index contributed by atoms with van der Waals surface area (Å²) < 4.78 is 0. The Morgan fingerprint density at radius 1 is 1.27 bits per heavy atom. The molecular weight excluding hydrogens is 138 g/mol. The fraction of sp³-hybridized carbons (Fsp3) is 0.750. The largest absolute Gasteiger partial charge is 0.302 e. The van der Waals surface area contributed by atoms with E-state index in [9.17, 15) is 0 Å². The molecule has 0 aromatic rings. The highest BCUT2D eigenvalue weighted by molar-refractivity contribution is 5.12. The van der Waals surface area contributed by atoms with Crippen LogP contribution in [0.25, 0.3) is 0 Å². The topological polar surface area (TPSA) is 18.5 Å². The zero-order valence-corrected chi connectivity index (χ0v) is 7.12. The Morgan fingerprint density at radius 3 is 2.27 bits per heavy atom. The first-order chi connectivity index (χ1) is 5.25. The van der Waals surface area contributed by atoms with Crippen LogP contribution in [0.3, 0.4) is 0 Å². The maximum Gasteiger partial charge on any atom is 0.0398 e. The summed E-state index contributed by atoms with van der Waals surface area (Å²) in [6, 6.07) is 1.16. The zero-order valence-electron chi connectivity index (χ0n) is 7.12. The molecule has 1 fully saturated rings. The van der Waals surface area contributed by atoms with Gasteiger partial charge in [0.1, 0.15) is 0 Å². The van der Waals surface area contributed by atoms with Gasteiger partial charge in [0.15, 0.2) is 0 Å². The number of hydrazine groups is 1. The van der Waals surface area contributed by atoms with Crippen LogP contribution in [0.15, 0.2) is 12.2 Å². The second kappa shape index (κ2) is 2.59. The molecule has 0 spiro atoms. The fourth-order valence-electron chi connectivity index (χ4n) is 1.74. The number of nitrogens with zero attached hydrogens (tertiary/aromatic N) is 2. The lowest BCUT2D eigenvalue weighted by Gasteiger charge is -2.36. The predicted octanol–water partition coefficient (Wildman–Crippen LogP) is -0.325. The molecule has 0 aliphatic carbocycles. The van der Waals surface area contributed by atoms with Gasteiger partial charge in [-0.05, 0) is 0 Å². The van der Waals surface area contributed by atoms with Gasteiger partial charge in [0.25, 0.3) is 0 Å². The van der Waals surface area contributed by atoms with Gasteiger partial charge in [-0.25, -0.2) is 10.0 Å². The van der Waals surface area contributed by atoms with Gasteiger partial charge in [-0.15, -0.1) is 0 Å². The lowest BCUT2D eigenvalue weighted by atomic mass is 10.2. The highest BCUT2D eigenvalue weighted by Crippen LogP contribution is 2.13. The van der Waals surface area contributed by atoms with Crippen LogP contribution in [0.2, 0.25) is 0 Å². The lowest BCUT2D eigenvalue weighted by Crippen LogP contribution is -2.55. The molecule has 2 bridgehead atoms. The number of hydrogen-bond acceptors (Lipinski definition) is 3. The van der Waals surface area contributed by atoms with E-state index in [4.69, 9.17) is 0 Å². The monoisotopic (exact) mass is 153 g/mol. The molecule has 0 amide bonds. The minimum atomic E-state index is 0.580. The number of nitrogens with one attached hydrogen (secondary N) is 1. The molecule has 2 atom stereocenters. The molecule has 3 nitrogen and oxygen atoms in total. The smallest absolute Gasteiger partial charge is 0.0398 e. The van der Waals surface area contributed by atoms with Crippen LogP contribution in [0.4, 0.5) is 0 Å². The van der Waals surface area contributed by atoms with Crippen molar-refractivity contribution < 1.29 is 0 Å². The summed E-state index contributed by atoms with van der Waals surface area (Å²) in [4.78, 5) is 0. The second-order valence-corrected chi connectivity index (χ2v) is 3.48. The van der Waals surface area contributed by atoms with Gasteiger partial charge in [-0.2, -0.15) is 0 Å². The van der Waals surface area contributed by atoms with Crippen LogP contribution in [0.1, 0.15) is 0 Å². The molecule has 11 heavy (non-hydrogen) atoms. The van der Waals surface area contributed by atoms with Gasteiger partial charge >= 0.3 is 0 Å². The normalized spacial score (nSPS) is 37.0. The van der Waals surface area contributed by atoms with Gasteiger partial charge in [0.05, 0.1) is 0 Å². The summed E-state index contributed by atoms with van der Waals surface area (Å²) in [5, 5.41) is 8.04. The highest BCUT2D eigenvalue weighted by atomic mass is 15.6. The molecule has 1 saturated heterocycles. The molecule has 62 valence electrons. The molecule has 1 N–H and O–H groups in total. The van der Waals surface area contributed by atoms with Gasteiger partial charge < -0.3 is 5.32 Å². The maximum absolute atomic E-state index is 3.50. The summed E-state index contributed by atoms with van der Waals surface area (Å²) in [6.45, 7) is 2.22. The van der Waals surface area contributed by atoms with E-state index in [1.54, 1.807) is 0 Å². The highest BCUT2D eigenvalue weighted by Gasteiger charge is 2.28. The average molecular weight is 153 g/mol. The third-order valence-electron chi connectivity index (χ3n) is 2.38. The van der Waals surface area contributed by atoms with Crippen LogP contribution >= 0.6 is 0 Å². The van der Waals surface area contributed by atoms with Crippen molar-refractivity contribution in [2.24, 2.45) is 0 Å². The van der Waals surface area contributed by atoms with Crippen molar-refractivity contribution in [3.63, 3.8) is 0 Å². The summed E-state index contributed by atoms with van der Waals surface area (Å²) in [5.74, 6) is 0. The molecule has 0 aromatic heterocycles. The Labute approximate surface area is 67.6 Å². The second-order valence-electron chi connectivity index (χ2n) is 3.48. The molecule has 2 aliphatic rings. The summed E-state index contributed by atoms with van der Waals surface area (Å²) in [6.07, 6.45) is 4.54. The third kappa shape index (κ3) is 1.31. The third-order valence-corrected chi connectivity index (χ3v) is 2.38. The van der Waals surface area contributed by atoms with Crippen LogP contribution < -0.4 is 5.32 Å². The molecule has 2 rings (SSSR count). The van der Waals surface area contributed by atoms with Crippen LogP contribution in [0.5, 0.6) is 0 Å². The molecule has 2 aliphatic heterocycles. The van der Waals surface area contributed by atoms with E-state index >= 15 is 0 Å². The quantitative estimate of drug-likeness (QED) is 0.521. The maximum atomic E-state index is 3.50. The average Bonchev–Trinajstić information content (AvgIpc) is 2.30. The van der Waals surface area contributed by atoms with Crippen LogP contribution in [-0.2, 0) is 0 Å². The summed E-state index contributed by atoms with van der Waals surface area (Å²) in [5.41, 5.74) is 0. The van der Waals surface area contributed by atoms with E-state index in [0.717, 1.165) is 13.1 Å².